The molecule has 2 nitrogen and oxygen atoms in total. The second-order valence-corrected chi connectivity index (χ2v) is 14.9. The summed E-state index contributed by atoms with van der Waals surface area (Å²) in [5.74, 6) is 2.75. The molecule has 1 aromatic carbocycles. The van der Waals surface area contributed by atoms with Gasteiger partial charge in [-0.25, -0.2) is 0 Å². The van der Waals surface area contributed by atoms with Gasteiger partial charge in [0.25, 0.3) is 0 Å². The summed E-state index contributed by atoms with van der Waals surface area (Å²) in [5.41, 5.74) is 12.7. The number of halogens is 2. The predicted octanol–water partition coefficient (Wildman–Crippen LogP) is 9.25. The second-order valence-electron chi connectivity index (χ2n) is 14.9. The molecule has 3 heterocycles. The second kappa shape index (κ2) is 8.58. The van der Waals surface area contributed by atoms with Gasteiger partial charge in [-0.3, -0.25) is 0 Å². The maximum Gasteiger partial charge on any atom is 0.737 e. The molecule has 218 valence electrons. The van der Waals surface area contributed by atoms with E-state index in [0.717, 1.165) is 46.8 Å². The maximum absolute atomic E-state index is 17.6. The van der Waals surface area contributed by atoms with E-state index < -0.39 is 6.97 Å². The van der Waals surface area contributed by atoms with E-state index in [0.29, 0.717) is 23.7 Å². The van der Waals surface area contributed by atoms with Crippen molar-refractivity contribution in [3.05, 3.63) is 98.6 Å². The molecule has 6 aliphatic carbocycles. The fourth-order valence-electron chi connectivity index (χ4n) is 10.5. The maximum atomic E-state index is 17.6. The minimum atomic E-state index is -4.08. The van der Waals surface area contributed by atoms with Gasteiger partial charge in [-0.1, -0.05) is 81.3 Å². The first kappa shape index (κ1) is 26.7. The van der Waals surface area contributed by atoms with E-state index >= 15 is 8.63 Å². The van der Waals surface area contributed by atoms with Crippen LogP contribution in [-0.4, -0.2) is 21.6 Å². The normalized spacial score (nSPS) is 32.0. The Kier molecular flexibility index (Phi) is 5.45. The minimum absolute atomic E-state index is 0.187. The molecule has 0 amide bonds. The quantitative estimate of drug-likeness (QED) is 0.259. The van der Waals surface area contributed by atoms with Crippen LogP contribution in [0.4, 0.5) is 8.63 Å². The van der Waals surface area contributed by atoms with Crippen molar-refractivity contribution in [2.75, 3.05) is 0 Å². The molecule has 4 bridgehead atoms. The van der Waals surface area contributed by atoms with Crippen LogP contribution in [0.25, 0.3) is 5.57 Å². The van der Waals surface area contributed by atoms with Crippen molar-refractivity contribution in [2.45, 2.75) is 80.1 Å². The van der Waals surface area contributed by atoms with Crippen molar-refractivity contribution in [1.29, 1.82) is 0 Å². The topological polar surface area (TPSA) is 7.94 Å². The van der Waals surface area contributed by atoms with Crippen LogP contribution in [0.3, 0.4) is 0 Å². The molecular formula is C37H43BF2N2. The molecule has 0 N–H and O–H groups in total. The van der Waals surface area contributed by atoms with Gasteiger partial charge in [0.05, 0.1) is 5.57 Å². The number of hydrogen-bond acceptors (Lipinski definition) is 0. The summed E-state index contributed by atoms with van der Waals surface area (Å²) in [6, 6.07) is 10.5. The summed E-state index contributed by atoms with van der Waals surface area (Å²) in [7, 11) is 0. The van der Waals surface area contributed by atoms with Crippen LogP contribution >= 0.6 is 0 Å². The van der Waals surface area contributed by atoms with Gasteiger partial charge in [0.1, 0.15) is 5.71 Å². The Labute approximate surface area is 249 Å². The fraction of sp³-hybridized carbons (Fsp3) is 0.486. The lowest BCUT2D eigenvalue weighted by atomic mass is 9.58. The molecule has 2 aromatic rings. The lowest BCUT2D eigenvalue weighted by Gasteiger charge is -2.45. The Morgan fingerprint density at radius 3 is 2.19 bits per heavy atom. The number of aromatic nitrogens is 1. The van der Waals surface area contributed by atoms with Crippen LogP contribution in [-0.2, 0) is 0 Å². The Morgan fingerprint density at radius 1 is 0.833 bits per heavy atom. The van der Waals surface area contributed by atoms with E-state index in [1.165, 1.54) is 42.4 Å². The van der Waals surface area contributed by atoms with Crippen molar-refractivity contribution in [3.8, 4) is 0 Å². The average Bonchev–Trinajstić information content (AvgIpc) is 3.44. The molecule has 0 spiro atoms. The number of fused-ring (bicyclic) bond motifs is 4. The molecule has 0 fully saturated rings. The zero-order chi connectivity index (χ0) is 29.6. The average molecular weight is 565 g/mol. The van der Waals surface area contributed by atoms with Gasteiger partial charge >= 0.3 is 6.97 Å². The van der Waals surface area contributed by atoms with Gasteiger partial charge in [0.15, 0.2) is 5.70 Å². The van der Waals surface area contributed by atoms with Crippen LogP contribution in [0.5, 0.6) is 0 Å². The third-order valence-corrected chi connectivity index (χ3v) is 12.2. The molecule has 0 saturated heterocycles. The fourth-order valence-corrected chi connectivity index (χ4v) is 10.5. The van der Waals surface area contributed by atoms with Gasteiger partial charge in [0, 0.05) is 47.4 Å². The first-order valence-electron chi connectivity index (χ1n) is 16.3. The number of allylic oxidation sites excluding steroid dienone is 6. The van der Waals surface area contributed by atoms with Crippen LogP contribution in [0.15, 0.2) is 70.5 Å². The Hall–Kier alpha value is -2.95. The van der Waals surface area contributed by atoms with Gasteiger partial charge in [0.2, 0.25) is 0 Å². The van der Waals surface area contributed by atoms with Crippen molar-refractivity contribution in [3.63, 3.8) is 0 Å². The first-order valence-corrected chi connectivity index (χ1v) is 16.3. The van der Waals surface area contributed by atoms with Crippen molar-refractivity contribution in [1.82, 2.24) is 4.48 Å². The van der Waals surface area contributed by atoms with Crippen LogP contribution in [0, 0.1) is 42.4 Å². The summed E-state index contributed by atoms with van der Waals surface area (Å²) in [4.78, 5) is 0. The van der Waals surface area contributed by atoms with Gasteiger partial charge in [-0.2, -0.15) is 0 Å². The highest BCUT2D eigenvalue weighted by atomic mass is 19.2. The number of nitrogens with zero attached hydrogens (tertiary/aromatic N) is 2. The molecule has 5 heteroatoms. The minimum Gasteiger partial charge on any atom is -0.393 e. The molecule has 1 aromatic heterocycles. The van der Waals surface area contributed by atoms with Crippen molar-refractivity contribution in [2.24, 2.45) is 35.5 Å². The van der Waals surface area contributed by atoms with Crippen molar-refractivity contribution >= 4 is 18.3 Å². The predicted molar refractivity (Wildman–Crippen MR) is 169 cm³/mol. The van der Waals surface area contributed by atoms with Gasteiger partial charge < -0.3 is 17.6 Å². The molecule has 2 aliphatic heterocycles. The number of hydrogen-bond donors (Lipinski definition) is 0. The molecule has 6 atom stereocenters. The molecule has 0 radical (unpaired) electrons. The van der Waals surface area contributed by atoms with E-state index in [1.54, 1.807) is 0 Å². The monoisotopic (exact) mass is 564 g/mol. The lowest BCUT2D eigenvalue weighted by Crippen LogP contribution is -2.52. The Balaban J connectivity index is 1.51. The highest BCUT2D eigenvalue weighted by molar-refractivity contribution is 6.58. The van der Waals surface area contributed by atoms with Gasteiger partial charge in [-0.05, 0) is 79.7 Å². The Bertz CT molecular complexity index is 1730. The summed E-state index contributed by atoms with van der Waals surface area (Å²) in [6.45, 7) is 13.6. The molecular weight excluding hydrogens is 521 g/mol. The van der Waals surface area contributed by atoms with Crippen molar-refractivity contribution < 1.29 is 13.1 Å². The number of rotatable bonds is 3. The molecule has 42 heavy (non-hydrogen) atoms. The highest BCUT2D eigenvalue weighted by Crippen LogP contribution is 2.62. The van der Waals surface area contributed by atoms with Gasteiger partial charge in [-0.15, -0.1) is 0 Å². The molecule has 8 aliphatic rings. The van der Waals surface area contributed by atoms with E-state index in [2.05, 4.69) is 78.0 Å². The largest absolute Gasteiger partial charge is 0.737 e. The number of benzene rings is 1. The van der Waals surface area contributed by atoms with Crippen LogP contribution in [0.1, 0.15) is 101 Å². The first-order chi connectivity index (χ1) is 19.9. The summed E-state index contributed by atoms with van der Waals surface area (Å²) < 4.78 is 38.2. The van der Waals surface area contributed by atoms with Crippen LogP contribution < -0.4 is 0 Å². The van der Waals surface area contributed by atoms with E-state index in [4.69, 9.17) is 0 Å². The zero-order valence-corrected chi connectivity index (χ0v) is 26.3. The summed E-state index contributed by atoms with van der Waals surface area (Å²) in [6.07, 6.45) is 6.92. The molecule has 2 unspecified atom stereocenters. The van der Waals surface area contributed by atoms with Crippen LogP contribution in [0.2, 0.25) is 0 Å². The standard InChI is InChI=1S/C37H43BF2N2/c1-18(2)26-17-28-20(5)15-29(26)32-23(8)42-36(34(28)32)33(24-12-10-9-11-13-24)37-35-30-21(6)14-25(16-27(30)19(3)4)31(35)22(7)41(37)38(42,39)40/h9-15,18-19,25-30H,16-17H2,1-8H3/t25-,26?,27?,28-,29-,30+/m0/s1. The molecule has 0 saturated carbocycles. The smallest absolute Gasteiger partial charge is 0.393 e. The SMILES string of the molecule is CC1=C[C@@H]2C3=C(C4=C(c5ccccc5)c5c6c(c(C)n5[B-](F)(F)[N+]4=C3C)[C@H]3C=C(C)[C@@H]6C(C(C)C)C3)[C@H]1CC2C(C)C. The van der Waals surface area contributed by atoms with E-state index in [1.807, 2.05) is 19.9 Å². The molecule has 10 rings (SSSR count). The summed E-state index contributed by atoms with van der Waals surface area (Å²) in [5, 5.41) is 0. The van der Waals surface area contributed by atoms with E-state index in [9.17, 15) is 0 Å². The third-order valence-electron chi connectivity index (χ3n) is 12.2. The van der Waals surface area contributed by atoms with E-state index in [-0.39, 0.29) is 23.7 Å². The highest BCUT2D eigenvalue weighted by Gasteiger charge is 2.62. The lowest BCUT2D eigenvalue weighted by molar-refractivity contribution is -0.364. The Morgan fingerprint density at radius 2 is 1.52 bits per heavy atom. The third kappa shape index (κ3) is 3.08. The zero-order valence-electron chi connectivity index (χ0n) is 26.3. The summed E-state index contributed by atoms with van der Waals surface area (Å²) >= 11 is 0.